The summed E-state index contributed by atoms with van der Waals surface area (Å²) in [4.78, 5) is 10.7. The number of halogens is 3. The van der Waals surface area contributed by atoms with Crippen molar-refractivity contribution in [3.8, 4) is 0 Å². The number of carbonyl (C=O) groups is 1. The fourth-order valence-electron chi connectivity index (χ4n) is 0.936. The molecule has 6 heteroatoms. The molecule has 0 atom stereocenters. The summed E-state index contributed by atoms with van der Waals surface area (Å²) < 4.78 is 36.3. The van der Waals surface area contributed by atoms with Gasteiger partial charge in [0.25, 0.3) is 0 Å². The second kappa shape index (κ2) is 5.46. The third-order valence-electron chi connectivity index (χ3n) is 1.70. The van der Waals surface area contributed by atoms with Crippen LogP contribution in [0.2, 0.25) is 0 Å². The average Bonchev–Trinajstić information content (AvgIpc) is 2.03. The molecule has 1 aromatic carbocycles. The Bertz CT molecular complexity index is 320. The third kappa shape index (κ3) is 3.86. The Morgan fingerprint density at radius 2 is 1.57 bits per heavy atom. The summed E-state index contributed by atoms with van der Waals surface area (Å²) >= 11 is 0. The summed E-state index contributed by atoms with van der Waals surface area (Å²) in [5.74, 6) is -0.235. The van der Waals surface area contributed by atoms with Crippen LogP contribution in [-0.2, 0) is 0 Å². The van der Waals surface area contributed by atoms with E-state index in [1.54, 1.807) is 0 Å². The molecule has 0 saturated carbocycles. The summed E-state index contributed by atoms with van der Waals surface area (Å²) in [6, 6.07) is 4.23. The molecule has 70 valence electrons. The van der Waals surface area contributed by atoms with E-state index in [1.807, 2.05) is 0 Å². The minimum absolute atomic E-state index is 0. The van der Waals surface area contributed by atoms with Crippen LogP contribution in [0.4, 0.5) is 12.9 Å². The zero-order valence-corrected chi connectivity index (χ0v) is 11.1. The molecule has 0 aliphatic heterocycles. The molecule has 0 spiro atoms. The van der Waals surface area contributed by atoms with Gasteiger partial charge in [-0.05, 0) is 6.92 Å². The molecular weight excluding hydrogens is 219 g/mol. The largest absolute Gasteiger partial charge is 1.00 e. The number of rotatable bonds is 2. The smallest absolute Gasteiger partial charge is 0.445 e. The molecule has 0 saturated heterocycles. The van der Waals surface area contributed by atoms with E-state index in [2.05, 4.69) is 0 Å². The normalized spacial score (nSPS) is 10.6. The summed E-state index contributed by atoms with van der Waals surface area (Å²) in [5.41, 5.74) is -0.381. The van der Waals surface area contributed by atoms with Gasteiger partial charge in [-0.3, -0.25) is 4.79 Å². The Morgan fingerprint density at radius 3 is 1.86 bits per heavy atom. The van der Waals surface area contributed by atoms with Crippen LogP contribution in [0.15, 0.2) is 24.3 Å². The molecule has 0 bridgehead atoms. The van der Waals surface area contributed by atoms with Crippen LogP contribution in [-0.4, -0.2) is 12.8 Å². The Hall–Kier alpha value is 0.381. The van der Waals surface area contributed by atoms with Gasteiger partial charge in [0.15, 0.2) is 5.78 Å². The van der Waals surface area contributed by atoms with Gasteiger partial charge in [-0.15, -0.1) is 5.46 Å². The zero-order chi connectivity index (χ0) is 10.1. The predicted molar refractivity (Wildman–Crippen MR) is 45.2 cm³/mol. The van der Waals surface area contributed by atoms with Gasteiger partial charge >= 0.3 is 58.4 Å². The Balaban J connectivity index is 0.00000169. The molecule has 1 aromatic rings. The summed E-state index contributed by atoms with van der Waals surface area (Å²) in [5, 5.41) is 0. The van der Waals surface area contributed by atoms with E-state index in [4.69, 9.17) is 0 Å². The molecule has 14 heavy (non-hydrogen) atoms. The molecule has 0 unspecified atom stereocenters. The predicted octanol–water partition coefficient (Wildman–Crippen LogP) is -1.05. The number of Topliss-reactive ketones (excluding diaryl/α,β-unsaturated/α-hetero) is 1. The van der Waals surface area contributed by atoms with Gasteiger partial charge in [-0.2, -0.15) is 0 Å². The van der Waals surface area contributed by atoms with Crippen molar-refractivity contribution in [3.05, 3.63) is 29.8 Å². The first-order valence-electron chi connectivity index (χ1n) is 3.72. The number of carbonyl (C=O) groups excluding carboxylic acids is 1. The number of ketones is 1. The molecular formula is C8H7BF3KO. The number of hydrogen-bond donors (Lipinski definition) is 0. The Morgan fingerprint density at radius 1 is 1.14 bits per heavy atom. The maximum absolute atomic E-state index is 12.1. The molecule has 0 fully saturated rings. The summed E-state index contributed by atoms with van der Waals surface area (Å²) in [6.45, 7) is -3.64. The molecule has 0 aromatic heterocycles. The first-order valence-corrected chi connectivity index (χ1v) is 3.72. The van der Waals surface area contributed by atoms with Gasteiger partial charge in [0.1, 0.15) is 0 Å². The van der Waals surface area contributed by atoms with Gasteiger partial charge in [0.05, 0.1) is 0 Å². The van der Waals surface area contributed by atoms with Crippen LogP contribution in [0, 0.1) is 0 Å². The number of benzene rings is 1. The Labute approximate surface area is 123 Å². The topological polar surface area (TPSA) is 17.1 Å². The molecule has 0 amide bonds. The van der Waals surface area contributed by atoms with Crippen molar-refractivity contribution in [1.82, 2.24) is 0 Å². The van der Waals surface area contributed by atoms with Crippen molar-refractivity contribution in [2.75, 3.05) is 0 Å². The maximum atomic E-state index is 12.1. The van der Waals surface area contributed by atoms with E-state index in [-0.39, 0.29) is 57.2 Å². The van der Waals surface area contributed by atoms with Gasteiger partial charge in [0.2, 0.25) is 0 Å². The molecule has 0 heterocycles. The molecule has 1 nitrogen and oxygen atoms in total. The SMILES string of the molecule is CC(=O)c1ccc([B-](F)(F)F)cc1.[K+]. The second-order valence-electron chi connectivity index (χ2n) is 2.75. The standard InChI is InChI=1S/C8H7BF3O.K/c1-6(13)7-2-4-8(5-3-7)9(10,11)12;/h2-5H,1H3;/q-1;+1. The van der Waals surface area contributed by atoms with Crippen LogP contribution >= 0.6 is 0 Å². The second-order valence-corrected chi connectivity index (χ2v) is 2.75. The van der Waals surface area contributed by atoms with Crippen molar-refractivity contribution in [2.45, 2.75) is 6.92 Å². The van der Waals surface area contributed by atoms with Crippen LogP contribution in [0.5, 0.6) is 0 Å². The quantitative estimate of drug-likeness (QED) is 0.464. The van der Waals surface area contributed by atoms with Crippen LogP contribution in [0.1, 0.15) is 17.3 Å². The molecule has 0 N–H and O–H groups in total. The van der Waals surface area contributed by atoms with Crippen LogP contribution < -0.4 is 56.8 Å². The average molecular weight is 226 g/mol. The van der Waals surface area contributed by atoms with Gasteiger partial charge in [-0.25, -0.2) is 0 Å². The first-order chi connectivity index (χ1) is 5.91. The number of hydrogen-bond acceptors (Lipinski definition) is 1. The zero-order valence-electron chi connectivity index (χ0n) is 7.93. The monoisotopic (exact) mass is 226 g/mol. The van der Waals surface area contributed by atoms with E-state index in [9.17, 15) is 17.7 Å². The van der Waals surface area contributed by atoms with E-state index in [0.29, 0.717) is 5.56 Å². The molecule has 0 aliphatic carbocycles. The summed E-state index contributed by atoms with van der Waals surface area (Å²) in [7, 11) is 0. The minimum atomic E-state index is -4.95. The van der Waals surface area contributed by atoms with E-state index >= 15 is 0 Å². The van der Waals surface area contributed by atoms with Gasteiger partial charge < -0.3 is 12.9 Å². The Kier molecular flexibility index (Phi) is 5.61. The van der Waals surface area contributed by atoms with Gasteiger partial charge in [-0.1, -0.05) is 24.3 Å². The molecule has 0 aliphatic rings. The first kappa shape index (κ1) is 14.4. The fraction of sp³-hybridized carbons (Fsp3) is 0.125. The van der Waals surface area contributed by atoms with Crippen molar-refractivity contribution >= 4 is 18.2 Å². The fourth-order valence-corrected chi connectivity index (χ4v) is 0.936. The van der Waals surface area contributed by atoms with Crippen LogP contribution in [0.3, 0.4) is 0 Å². The van der Waals surface area contributed by atoms with Crippen molar-refractivity contribution in [2.24, 2.45) is 0 Å². The van der Waals surface area contributed by atoms with Crippen molar-refractivity contribution in [3.63, 3.8) is 0 Å². The minimum Gasteiger partial charge on any atom is -0.445 e. The molecule has 1 rings (SSSR count). The summed E-state index contributed by atoms with van der Waals surface area (Å²) in [6.07, 6.45) is 0. The molecule has 0 radical (unpaired) electrons. The van der Waals surface area contributed by atoms with E-state index in [1.165, 1.54) is 19.1 Å². The third-order valence-corrected chi connectivity index (χ3v) is 1.70. The van der Waals surface area contributed by atoms with Crippen molar-refractivity contribution in [1.29, 1.82) is 0 Å². The van der Waals surface area contributed by atoms with Gasteiger partial charge in [0, 0.05) is 5.56 Å². The van der Waals surface area contributed by atoms with E-state index in [0.717, 1.165) is 12.1 Å². The van der Waals surface area contributed by atoms with Crippen LogP contribution in [0.25, 0.3) is 0 Å². The maximum Gasteiger partial charge on any atom is 1.00 e. The van der Waals surface area contributed by atoms with Crippen molar-refractivity contribution < 1.29 is 69.1 Å². The van der Waals surface area contributed by atoms with E-state index < -0.39 is 12.4 Å².